The smallest absolute Gasteiger partial charge is 0.330 e. The third kappa shape index (κ3) is 9.63. The van der Waals surface area contributed by atoms with E-state index >= 15 is 0 Å². The molecule has 0 saturated heterocycles. The fourth-order valence-electron chi connectivity index (χ4n) is 5.01. The lowest BCUT2D eigenvalue weighted by Gasteiger charge is -2.28. The van der Waals surface area contributed by atoms with Gasteiger partial charge in [0.2, 0.25) is 0 Å². The SMILES string of the molecule is CCCCCCC/C=C/C(=O)OC1CCC(c2ccc(-c3ccc(CCCCC)cn3)cc2)CC1. The van der Waals surface area contributed by atoms with Gasteiger partial charge in [0.05, 0.1) is 5.69 Å². The molecule has 1 aliphatic rings. The third-order valence-electron chi connectivity index (χ3n) is 7.26. The highest BCUT2D eigenvalue weighted by molar-refractivity contribution is 5.82. The molecule has 0 radical (unpaired) electrons. The van der Waals surface area contributed by atoms with Gasteiger partial charge in [-0.05, 0) is 74.5 Å². The fraction of sp³-hybridized carbons (Fsp3) is 0.562. The van der Waals surface area contributed by atoms with E-state index in [0.29, 0.717) is 5.92 Å². The number of rotatable bonds is 14. The number of unbranched alkanes of at least 4 members (excludes halogenated alkanes) is 7. The van der Waals surface area contributed by atoms with E-state index in [-0.39, 0.29) is 12.1 Å². The Bertz CT molecular complexity index is 877. The second kappa shape index (κ2) is 15.5. The standard InChI is InChI=1S/C32H45NO2/c1-3-5-7-8-9-10-12-14-32(34)35-30-22-20-28(21-23-30)27-16-18-29(19-17-27)31-24-15-26(25-33-31)13-11-6-4-2/h12,14-19,24-25,28,30H,3-11,13,20-23H2,1-2H3/b14-12+. The Morgan fingerprint density at radius 2 is 1.60 bits per heavy atom. The molecule has 0 atom stereocenters. The lowest BCUT2D eigenvalue weighted by atomic mass is 9.82. The first-order valence-electron chi connectivity index (χ1n) is 14.1. The molecule has 1 saturated carbocycles. The molecule has 1 fully saturated rings. The number of carbonyl (C=O) groups excluding carboxylic acids is 1. The summed E-state index contributed by atoms with van der Waals surface area (Å²) in [4.78, 5) is 16.8. The van der Waals surface area contributed by atoms with Crippen LogP contribution in [0.4, 0.5) is 0 Å². The van der Waals surface area contributed by atoms with Gasteiger partial charge >= 0.3 is 5.97 Å². The minimum atomic E-state index is -0.171. The molecular weight excluding hydrogens is 430 g/mol. The summed E-state index contributed by atoms with van der Waals surface area (Å²) in [5, 5.41) is 0. The van der Waals surface area contributed by atoms with Crippen molar-refractivity contribution in [3.05, 3.63) is 65.9 Å². The number of hydrogen-bond acceptors (Lipinski definition) is 3. The molecule has 3 nitrogen and oxygen atoms in total. The highest BCUT2D eigenvalue weighted by atomic mass is 16.5. The highest BCUT2D eigenvalue weighted by Gasteiger charge is 2.24. The van der Waals surface area contributed by atoms with Gasteiger partial charge in [-0.15, -0.1) is 0 Å². The van der Waals surface area contributed by atoms with Crippen LogP contribution in [0.15, 0.2) is 54.7 Å². The molecule has 0 amide bonds. The summed E-state index contributed by atoms with van der Waals surface area (Å²) in [6.07, 6.45) is 21.9. The van der Waals surface area contributed by atoms with Crippen LogP contribution < -0.4 is 0 Å². The maximum Gasteiger partial charge on any atom is 0.330 e. The fourth-order valence-corrected chi connectivity index (χ4v) is 5.01. The van der Waals surface area contributed by atoms with Gasteiger partial charge in [-0.25, -0.2) is 4.79 Å². The average Bonchev–Trinajstić information content (AvgIpc) is 2.89. The summed E-state index contributed by atoms with van der Waals surface area (Å²) in [7, 11) is 0. The maximum absolute atomic E-state index is 12.1. The lowest BCUT2D eigenvalue weighted by Crippen LogP contribution is -2.23. The second-order valence-corrected chi connectivity index (χ2v) is 10.1. The first-order valence-corrected chi connectivity index (χ1v) is 14.1. The van der Waals surface area contributed by atoms with Gasteiger partial charge in [-0.3, -0.25) is 4.98 Å². The third-order valence-corrected chi connectivity index (χ3v) is 7.26. The van der Waals surface area contributed by atoms with Gasteiger partial charge in [-0.1, -0.05) is 88.8 Å². The quantitative estimate of drug-likeness (QED) is 0.155. The Kier molecular flexibility index (Phi) is 12.1. The molecule has 190 valence electrons. The number of esters is 1. The van der Waals surface area contributed by atoms with Gasteiger partial charge in [0.1, 0.15) is 6.10 Å². The Morgan fingerprint density at radius 3 is 2.29 bits per heavy atom. The molecule has 0 unspecified atom stereocenters. The first kappa shape index (κ1) is 27.2. The number of hydrogen-bond donors (Lipinski definition) is 0. The van der Waals surface area contributed by atoms with Gasteiger partial charge in [-0.2, -0.15) is 0 Å². The van der Waals surface area contributed by atoms with Crippen LogP contribution in [0, 0.1) is 0 Å². The van der Waals surface area contributed by atoms with Gasteiger partial charge in [0.25, 0.3) is 0 Å². The Morgan fingerprint density at radius 1 is 0.886 bits per heavy atom. The normalized spacial score (nSPS) is 18.1. The molecule has 0 N–H and O–H groups in total. The second-order valence-electron chi connectivity index (χ2n) is 10.1. The molecule has 1 heterocycles. The predicted octanol–water partition coefficient (Wildman–Crippen LogP) is 8.97. The molecule has 0 spiro atoms. The predicted molar refractivity (Wildman–Crippen MR) is 147 cm³/mol. The largest absolute Gasteiger partial charge is 0.459 e. The van der Waals surface area contributed by atoms with E-state index in [1.807, 2.05) is 12.3 Å². The summed E-state index contributed by atoms with van der Waals surface area (Å²) in [6, 6.07) is 13.3. The van der Waals surface area contributed by atoms with E-state index in [0.717, 1.165) is 50.6 Å². The van der Waals surface area contributed by atoms with Crippen LogP contribution in [0.1, 0.15) is 114 Å². The number of nitrogens with zero attached hydrogens (tertiary/aromatic N) is 1. The molecule has 0 bridgehead atoms. The molecule has 35 heavy (non-hydrogen) atoms. The zero-order valence-electron chi connectivity index (χ0n) is 22.0. The van der Waals surface area contributed by atoms with Crippen molar-refractivity contribution in [2.75, 3.05) is 0 Å². The number of ether oxygens (including phenoxy) is 1. The summed E-state index contributed by atoms with van der Waals surface area (Å²) < 4.78 is 5.70. The number of pyridine rings is 1. The van der Waals surface area contributed by atoms with Crippen LogP contribution in [0.25, 0.3) is 11.3 Å². The number of carbonyl (C=O) groups is 1. The molecule has 1 aliphatic carbocycles. The van der Waals surface area contributed by atoms with Crippen molar-refractivity contribution in [3.63, 3.8) is 0 Å². The lowest BCUT2D eigenvalue weighted by molar-refractivity contribution is -0.144. The molecule has 1 aromatic heterocycles. The molecule has 3 heteroatoms. The number of benzene rings is 1. The number of aryl methyl sites for hydroxylation is 1. The summed E-state index contributed by atoms with van der Waals surface area (Å²) in [6.45, 7) is 4.47. The molecule has 1 aromatic carbocycles. The van der Waals surface area contributed by atoms with Crippen LogP contribution in [0.5, 0.6) is 0 Å². The van der Waals surface area contributed by atoms with E-state index in [2.05, 4.69) is 50.2 Å². The summed E-state index contributed by atoms with van der Waals surface area (Å²) in [5.41, 5.74) is 4.93. The monoisotopic (exact) mass is 475 g/mol. The van der Waals surface area contributed by atoms with Crippen molar-refractivity contribution < 1.29 is 9.53 Å². The number of aromatic nitrogens is 1. The zero-order chi connectivity index (χ0) is 24.7. The average molecular weight is 476 g/mol. The van der Waals surface area contributed by atoms with Crippen LogP contribution in [-0.2, 0) is 16.0 Å². The van der Waals surface area contributed by atoms with Crippen LogP contribution in [0.2, 0.25) is 0 Å². The first-order chi connectivity index (χ1) is 17.2. The van der Waals surface area contributed by atoms with Crippen molar-refractivity contribution in [2.45, 2.75) is 116 Å². The van der Waals surface area contributed by atoms with Crippen LogP contribution >= 0.6 is 0 Å². The highest BCUT2D eigenvalue weighted by Crippen LogP contribution is 2.35. The summed E-state index contributed by atoms with van der Waals surface area (Å²) >= 11 is 0. The van der Waals surface area contributed by atoms with Crippen molar-refractivity contribution in [2.24, 2.45) is 0 Å². The van der Waals surface area contributed by atoms with Crippen molar-refractivity contribution in [3.8, 4) is 11.3 Å². The summed E-state index contributed by atoms with van der Waals surface area (Å²) in [5.74, 6) is 0.377. The molecule has 3 rings (SSSR count). The molecular formula is C32H45NO2. The van der Waals surface area contributed by atoms with Gasteiger partial charge < -0.3 is 4.74 Å². The van der Waals surface area contributed by atoms with Crippen LogP contribution in [-0.4, -0.2) is 17.1 Å². The Labute approximate surface area is 213 Å². The minimum Gasteiger partial charge on any atom is -0.459 e. The zero-order valence-corrected chi connectivity index (χ0v) is 22.0. The molecule has 2 aromatic rings. The van der Waals surface area contributed by atoms with Gasteiger partial charge in [0, 0.05) is 17.8 Å². The van der Waals surface area contributed by atoms with Crippen molar-refractivity contribution >= 4 is 5.97 Å². The maximum atomic E-state index is 12.1. The van der Waals surface area contributed by atoms with Crippen molar-refractivity contribution in [1.82, 2.24) is 4.98 Å². The van der Waals surface area contributed by atoms with E-state index < -0.39 is 0 Å². The Balaban J connectivity index is 1.39. The number of allylic oxidation sites excluding steroid dienone is 1. The van der Waals surface area contributed by atoms with E-state index in [1.54, 1.807) is 6.08 Å². The molecule has 0 aliphatic heterocycles. The minimum absolute atomic E-state index is 0.0623. The van der Waals surface area contributed by atoms with Crippen LogP contribution in [0.3, 0.4) is 0 Å². The van der Waals surface area contributed by atoms with E-state index in [4.69, 9.17) is 9.72 Å². The van der Waals surface area contributed by atoms with E-state index in [9.17, 15) is 4.79 Å². The van der Waals surface area contributed by atoms with E-state index in [1.165, 1.54) is 61.6 Å². The van der Waals surface area contributed by atoms with Crippen molar-refractivity contribution in [1.29, 1.82) is 0 Å². The van der Waals surface area contributed by atoms with Gasteiger partial charge in [0.15, 0.2) is 0 Å². The Hall–Kier alpha value is -2.42. The topological polar surface area (TPSA) is 39.2 Å².